The van der Waals surface area contributed by atoms with Crippen LogP contribution in [0.1, 0.15) is 30.7 Å². The molecule has 176 valence electrons. The van der Waals surface area contributed by atoms with Gasteiger partial charge in [0.2, 0.25) is 11.5 Å². The SMILES string of the molecule is CC(C)C(=O)N1CC(F)(c2ccc(C3=CC(c4ccc(F)c(Cl)c4)(C(F)(F)F)ON3)cn2)C1. The maximum Gasteiger partial charge on any atom is 0.428 e. The number of nitrogens with zero attached hydrogens (tertiary/aromatic N) is 2. The van der Waals surface area contributed by atoms with Gasteiger partial charge in [-0.2, -0.15) is 13.2 Å². The molecule has 1 saturated heterocycles. The van der Waals surface area contributed by atoms with E-state index in [1.54, 1.807) is 13.8 Å². The highest BCUT2D eigenvalue weighted by atomic mass is 35.5. The first-order valence-corrected chi connectivity index (χ1v) is 10.4. The highest BCUT2D eigenvalue weighted by Gasteiger charge is 2.59. The van der Waals surface area contributed by atoms with Crippen LogP contribution in [0, 0.1) is 11.7 Å². The summed E-state index contributed by atoms with van der Waals surface area (Å²) in [6.45, 7) is 3.17. The van der Waals surface area contributed by atoms with Crippen LogP contribution in [0.4, 0.5) is 22.0 Å². The summed E-state index contributed by atoms with van der Waals surface area (Å²) in [5.41, 5.74) is -2.67. The summed E-state index contributed by atoms with van der Waals surface area (Å²) in [5.74, 6) is -1.28. The van der Waals surface area contributed by atoms with Crippen molar-refractivity contribution in [1.82, 2.24) is 15.4 Å². The molecular formula is C22H19ClF5N3O2. The van der Waals surface area contributed by atoms with E-state index in [1.807, 2.05) is 0 Å². The Kier molecular flexibility index (Phi) is 5.65. The second-order valence-electron chi connectivity index (χ2n) is 8.37. The van der Waals surface area contributed by atoms with Gasteiger partial charge in [0.05, 0.1) is 29.5 Å². The predicted molar refractivity (Wildman–Crippen MR) is 110 cm³/mol. The summed E-state index contributed by atoms with van der Waals surface area (Å²) >= 11 is 5.68. The van der Waals surface area contributed by atoms with Crippen molar-refractivity contribution in [3.05, 3.63) is 70.3 Å². The fourth-order valence-electron chi connectivity index (χ4n) is 3.77. The molecule has 4 rings (SSSR count). The Hall–Kier alpha value is -2.72. The molecule has 2 aliphatic heterocycles. The zero-order valence-electron chi connectivity index (χ0n) is 17.5. The minimum absolute atomic E-state index is 0.0510. The Morgan fingerprint density at radius 3 is 2.48 bits per heavy atom. The van der Waals surface area contributed by atoms with Crippen LogP contribution >= 0.6 is 11.6 Å². The quantitative estimate of drug-likeness (QED) is 0.625. The largest absolute Gasteiger partial charge is 0.428 e. The summed E-state index contributed by atoms with van der Waals surface area (Å²) in [5, 5.41) is -0.480. The molecule has 0 aliphatic carbocycles. The van der Waals surface area contributed by atoms with E-state index in [0.717, 1.165) is 24.3 Å². The van der Waals surface area contributed by atoms with Gasteiger partial charge in [-0.15, -0.1) is 0 Å². The number of alkyl halides is 4. The second kappa shape index (κ2) is 7.95. The Labute approximate surface area is 191 Å². The topological polar surface area (TPSA) is 54.5 Å². The Morgan fingerprint density at radius 1 is 1.24 bits per heavy atom. The van der Waals surface area contributed by atoms with Crippen LogP contribution in [0.2, 0.25) is 5.02 Å². The van der Waals surface area contributed by atoms with Crippen LogP contribution in [0.3, 0.4) is 0 Å². The van der Waals surface area contributed by atoms with Crippen LogP contribution in [0.25, 0.3) is 5.70 Å². The summed E-state index contributed by atoms with van der Waals surface area (Å²) < 4.78 is 70.6. The molecule has 3 heterocycles. The van der Waals surface area contributed by atoms with Gasteiger partial charge in [-0.25, -0.2) is 8.78 Å². The number of benzene rings is 1. The maximum absolute atomic E-state index is 15.1. The van der Waals surface area contributed by atoms with Gasteiger partial charge in [0, 0.05) is 23.2 Å². The fraction of sp³-hybridized carbons (Fsp3) is 0.364. The van der Waals surface area contributed by atoms with Gasteiger partial charge in [0.1, 0.15) is 5.82 Å². The normalized spacial score (nSPS) is 22.1. The van der Waals surface area contributed by atoms with Crippen molar-refractivity contribution in [2.75, 3.05) is 13.1 Å². The minimum Gasteiger partial charge on any atom is -0.335 e. The zero-order valence-corrected chi connectivity index (χ0v) is 18.3. The third kappa shape index (κ3) is 3.95. The van der Waals surface area contributed by atoms with Gasteiger partial charge in [0.25, 0.3) is 0 Å². The summed E-state index contributed by atoms with van der Waals surface area (Å²) in [6, 6.07) is 5.37. The van der Waals surface area contributed by atoms with E-state index in [2.05, 4.69) is 10.5 Å². The highest BCUT2D eigenvalue weighted by Crippen LogP contribution is 2.48. The lowest BCUT2D eigenvalue weighted by atomic mass is 9.90. The number of amides is 1. The molecule has 11 heteroatoms. The third-order valence-electron chi connectivity index (χ3n) is 5.66. The van der Waals surface area contributed by atoms with E-state index in [1.165, 1.54) is 23.2 Å². The van der Waals surface area contributed by atoms with E-state index in [9.17, 15) is 22.4 Å². The molecule has 1 N–H and O–H groups in total. The molecule has 2 aliphatic rings. The van der Waals surface area contributed by atoms with Gasteiger partial charge >= 0.3 is 6.18 Å². The number of pyridine rings is 1. The predicted octanol–water partition coefficient (Wildman–Crippen LogP) is 4.87. The smallest absolute Gasteiger partial charge is 0.335 e. The molecule has 1 aromatic carbocycles. The second-order valence-corrected chi connectivity index (χ2v) is 8.78. The number of nitrogens with one attached hydrogen (secondary N) is 1. The van der Waals surface area contributed by atoms with Gasteiger partial charge in [-0.1, -0.05) is 31.5 Å². The number of hydrogen-bond donors (Lipinski definition) is 1. The first-order valence-electron chi connectivity index (χ1n) is 10.00. The monoisotopic (exact) mass is 487 g/mol. The number of aromatic nitrogens is 1. The lowest BCUT2D eigenvalue weighted by Crippen LogP contribution is -2.60. The molecule has 1 fully saturated rings. The van der Waals surface area contributed by atoms with Crippen molar-refractivity contribution in [2.45, 2.75) is 31.3 Å². The number of carbonyl (C=O) groups excluding carboxylic acids is 1. The standard InChI is InChI=1S/C22H19ClF5N3O2/c1-12(2)19(32)31-10-20(25,11-31)18-6-3-13(9-29-18)17-8-21(33-30-17,22(26,27)28)14-4-5-16(24)15(23)7-14/h3-9,12,30H,10-11H2,1-2H3. The molecule has 1 amide bonds. The van der Waals surface area contributed by atoms with Crippen molar-refractivity contribution in [2.24, 2.45) is 5.92 Å². The van der Waals surface area contributed by atoms with Crippen molar-refractivity contribution in [1.29, 1.82) is 0 Å². The summed E-state index contributed by atoms with van der Waals surface area (Å²) in [7, 11) is 0. The lowest BCUT2D eigenvalue weighted by molar-refractivity contribution is -0.269. The Bertz CT molecular complexity index is 1110. The number of hydroxylamine groups is 1. The number of hydrogen-bond acceptors (Lipinski definition) is 4. The Morgan fingerprint density at radius 2 is 1.94 bits per heavy atom. The number of rotatable bonds is 4. The average molecular weight is 488 g/mol. The number of likely N-dealkylation sites (tertiary alicyclic amines) is 1. The third-order valence-corrected chi connectivity index (χ3v) is 5.95. The average Bonchev–Trinajstić information content (AvgIpc) is 3.20. The van der Waals surface area contributed by atoms with E-state index in [-0.39, 0.29) is 41.9 Å². The van der Waals surface area contributed by atoms with Crippen molar-refractivity contribution >= 4 is 23.2 Å². The molecule has 33 heavy (non-hydrogen) atoms. The molecule has 0 saturated carbocycles. The van der Waals surface area contributed by atoms with Gasteiger partial charge in [-0.05, 0) is 30.3 Å². The molecule has 5 nitrogen and oxygen atoms in total. The Balaban J connectivity index is 1.60. The highest BCUT2D eigenvalue weighted by molar-refractivity contribution is 6.30. The molecule has 1 unspecified atom stereocenters. The number of halogens is 6. The van der Waals surface area contributed by atoms with Gasteiger partial charge in [0.15, 0.2) is 5.67 Å². The molecule has 1 aromatic heterocycles. The maximum atomic E-state index is 15.1. The van der Waals surface area contributed by atoms with Crippen LogP contribution in [0.15, 0.2) is 42.6 Å². The molecule has 0 spiro atoms. The summed E-state index contributed by atoms with van der Waals surface area (Å²) in [6.07, 6.45) is -2.89. The molecule has 2 aromatic rings. The summed E-state index contributed by atoms with van der Waals surface area (Å²) in [4.78, 5) is 22.4. The first kappa shape index (κ1) is 23.4. The van der Waals surface area contributed by atoms with Gasteiger partial charge in [-0.3, -0.25) is 20.1 Å². The van der Waals surface area contributed by atoms with Crippen molar-refractivity contribution in [3.63, 3.8) is 0 Å². The van der Waals surface area contributed by atoms with E-state index in [0.29, 0.717) is 0 Å². The van der Waals surface area contributed by atoms with E-state index >= 15 is 4.39 Å². The van der Waals surface area contributed by atoms with Crippen molar-refractivity contribution < 1.29 is 31.6 Å². The molecule has 0 radical (unpaired) electrons. The minimum atomic E-state index is -4.91. The zero-order chi connectivity index (χ0) is 24.2. The molecule has 1 atom stereocenters. The van der Waals surface area contributed by atoms with E-state index < -0.39 is 33.8 Å². The fourth-order valence-corrected chi connectivity index (χ4v) is 3.95. The van der Waals surface area contributed by atoms with Gasteiger partial charge < -0.3 is 4.90 Å². The van der Waals surface area contributed by atoms with E-state index in [4.69, 9.17) is 16.4 Å². The van der Waals surface area contributed by atoms with Crippen molar-refractivity contribution in [3.8, 4) is 0 Å². The van der Waals surface area contributed by atoms with Crippen LogP contribution < -0.4 is 5.48 Å². The molecule has 0 bridgehead atoms. The van der Waals surface area contributed by atoms with Crippen LogP contribution in [0.5, 0.6) is 0 Å². The van der Waals surface area contributed by atoms with Crippen LogP contribution in [-0.2, 0) is 20.9 Å². The first-order chi connectivity index (χ1) is 15.4. The molecular weight excluding hydrogens is 469 g/mol. The lowest BCUT2D eigenvalue weighted by Gasteiger charge is -2.44. The van der Waals surface area contributed by atoms with Crippen LogP contribution in [-0.4, -0.2) is 35.1 Å². The number of carbonyl (C=O) groups is 1.